The van der Waals surface area contributed by atoms with Gasteiger partial charge in [0.2, 0.25) is 0 Å². The summed E-state index contributed by atoms with van der Waals surface area (Å²) in [4.78, 5) is 12.4. The second-order valence-corrected chi connectivity index (χ2v) is 6.05. The van der Waals surface area contributed by atoms with Crippen LogP contribution in [0.3, 0.4) is 0 Å². The number of rotatable bonds is 11. The van der Waals surface area contributed by atoms with Gasteiger partial charge in [0.05, 0.1) is 19.8 Å². The fourth-order valence-electron chi connectivity index (χ4n) is 2.44. The Bertz CT molecular complexity index is 747. The summed E-state index contributed by atoms with van der Waals surface area (Å²) in [5.74, 6) is 2.20. The molecule has 4 nitrogen and oxygen atoms in total. The molecule has 0 unspecified atom stereocenters. The third kappa shape index (κ3) is 6.48. The number of hydrogen-bond donors (Lipinski definition) is 0. The number of allylic oxidation sites excluding steroid dienone is 1. The number of ketones is 1. The molecule has 0 saturated heterocycles. The molecule has 2 aromatic carbocycles. The molecule has 0 aliphatic rings. The zero-order valence-corrected chi connectivity index (χ0v) is 16.4. The first kappa shape index (κ1) is 20.6. The molecule has 2 rings (SSSR count). The van der Waals surface area contributed by atoms with Gasteiger partial charge < -0.3 is 14.2 Å². The Morgan fingerprint density at radius 3 is 2.19 bits per heavy atom. The molecule has 0 aliphatic heterocycles. The fourth-order valence-corrected chi connectivity index (χ4v) is 2.44. The van der Waals surface area contributed by atoms with Crippen molar-refractivity contribution in [3.63, 3.8) is 0 Å². The Morgan fingerprint density at radius 2 is 1.52 bits per heavy atom. The highest BCUT2D eigenvalue weighted by molar-refractivity contribution is 6.07. The van der Waals surface area contributed by atoms with E-state index in [1.54, 1.807) is 36.4 Å². The summed E-state index contributed by atoms with van der Waals surface area (Å²) in [5, 5.41) is 0. The largest absolute Gasteiger partial charge is 0.494 e. The van der Waals surface area contributed by atoms with Crippen molar-refractivity contribution in [2.24, 2.45) is 0 Å². The van der Waals surface area contributed by atoms with Crippen LogP contribution in [-0.2, 0) is 0 Å². The van der Waals surface area contributed by atoms with E-state index in [0.717, 1.165) is 35.7 Å². The van der Waals surface area contributed by atoms with Gasteiger partial charge in [-0.05, 0) is 68.3 Å². The molecule has 0 spiro atoms. The van der Waals surface area contributed by atoms with E-state index < -0.39 is 0 Å². The van der Waals surface area contributed by atoms with Gasteiger partial charge in [-0.25, -0.2) is 0 Å². The Hall–Kier alpha value is -2.75. The minimum absolute atomic E-state index is 0.0641. The highest BCUT2D eigenvalue weighted by Crippen LogP contribution is 2.27. The van der Waals surface area contributed by atoms with Crippen LogP contribution in [0, 0.1) is 0 Å². The smallest absolute Gasteiger partial charge is 0.185 e. The maximum Gasteiger partial charge on any atom is 0.185 e. The highest BCUT2D eigenvalue weighted by atomic mass is 16.5. The normalized spacial score (nSPS) is 10.8. The molecule has 27 heavy (non-hydrogen) atoms. The molecule has 0 heterocycles. The van der Waals surface area contributed by atoms with Gasteiger partial charge in [0.25, 0.3) is 0 Å². The fraction of sp³-hybridized carbons (Fsp3) is 0.348. The molecule has 2 aromatic rings. The van der Waals surface area contributed by atoms with Crippen molar-refractivity contribution in [2.45, 2.75) is 33.6 Å². The maximum absolute atomic E-state index is 12.4. The minimum atomic E-state index is -0.0641. The molecule has 0 saturated carbocycles. The lowest BCUT2D eigenvalue weighted by molar-refractivity contribution is 0.104. The quantitative estimate of drug-likeness (QED) is 0.385. The first-order chi connectivity index (χ1) is 13.2. The number of hydrogen-bond acceptors (Lipinski definition) is 4. The number of carbonyl (C=O) groups excluding carboxylic acids is 1. The monoisotopic (exact) mass is 368 g/mol. The molecule has 144 valence electrons. The molecule has 0 aromatic heterocycles. The van der Waals surface area contributed by atoms with E-state index in [2.05, 4.69) is 13.8 Å². The van der Waals surface area contributed by atoms with Crippen LogP contribution >= 0.6 is 0 Å². The van der Waals surface area contributed by atoms with Crippen LogP contribution in [0.2, 0.25) is 0 Å². The summed E-state index contributed by atoms with van der Waals surface area (Å²) >= 11 is 0. The Morgan fingerprint density at radius 1 is 0.852 bits per heavy atom. The van der Waals surface area contributed by atoms with Crippen molar-refractivity contribution in [3.05, 3.63) is 59.7 Å². The first-order valence-corrected chi connectivity index (χ1v) is 9.52. The summed E-state index contributed by atoms with van der Waals surface area (Å²) in [5.41, 5.74) is 1.47. The maximum atomic E-state index is 12.4. The van der Waals surface area contributed by atoms with E-state index in [1.807, 2.05) is 25.1 Å². The third-order valence-corrected chi connectivity index (χ3v) is 3.78. The molecular formula is C23H28O4. The van der Waals surface area contributed by atoms with Gasteiger partial charge in [-0.2, -0.15) is 0 Å². The topological polar surface area (TPSA) is 44.8 Å². The lowest BCUT2D eigenvalue weighted by Crippen LogP contribution is -2.00. The average molecular weight is 368 g/mol. The van der Waals surface area contributed by atoms with Crippen molar-refractivity contribution in [2.75, 3.05) is 19.8 Å². The summed E-state index contributed by atoms with van der Waals surface area (Å²) in [6, 6.07) is 12.8. The first-order valence-electron chi connectivity index (χ1n) is 9.52. The summed E-state index contributed by atoms with van der Waals surface area (Å²) in [6.07, 6.45) is 5.21. The van der Waals surface area contributed by atoms with Gasteiger partial charge in [0, 0.05) is 17.2 Å². The van der Waals surface area contributed by atoms with Crippen LogP contribution < -0.4 is 14.2 Å². The Balaban J connectivity index is 2.14. The molecular weight excluding hydrogens is 340 g/mol. The molecule has 0 aliphatic carbocycles. The van der Waals surface area contributed by atoms with E-state index >= 15 is 0 Å². The van der Waals surface area contributed by atoms with E-state index in [0.29, 0.717) is 25.4 Å². The molecule has 0 fully saturated rings. The van der Waals surface area contributed by atoms with Crippen LogP contribution in [0.25, 0.3) is 6.08 Å². The number of ether oxygens (including phenoxy) is 3. The summed E-state index contributed by atoms with van der Waals surface area (Å²) < 4.78 is 16.9. The van der Waals surface area contributed by atoms with Crippen molar-refractivity contribution in [1.29, 1.82) is 0 Å². The molecule has 0 N–H and O–H groups in total. The lowest BCUT2D eigenvalue weighted by Gasteiger charge is -2.11. The Kier molecular flexibility index (Phi) is 8.43. The third-order valence-electron chi connectivity index (χ3n) is 3.78. The molecule has 0 bridgehead atoms. The van der Waals surface area contributed by atoms with Gasteiger partial charge in [0.15, 0.2) is 5.78 Å². The summed E-state index contributed by atoms with van der Waals surface area (Å²) in [6.45, 7) is 7.94. The predicted molar refractivity (Wildman–Crippen MR) is 109 cm³/mol. The molecule has 0 amide bonds. The van der Waals surface area contributed by atoms with E-state index in [1.165, 1.54) is 0 Å². The molecule has 0 radical (unpaired) electrons. The van der Waals surface area contributed by atoms with Crippen LogP contribution in [0.5, 0.6) is 17.2 Å². The van der Waals surface area contributed by atoms with Crippen molar-refractivity contribution >= 4 is 11.9 Å². The van der Waals surface area contributed by atoms with Gasteiger partial charge in [0.1, 0.15) is 17.2 Å². The van der Waals surface area contributed by atoms with Crippen LogP contribution in [0.15, 0.2) is 48.5 Å². The minimum Gasteiger partial charge on any atom is -0.494 e. The van der Waals surface area contributed by atoms with Gasteiger partial charge in [-0.3, -0.25) is 4.79 Å². The Labute approximate surface area is 161 Å². The summed E-state index contributed by atoms with van der Waals surface area (Å²) in [7, 11) is 0. The van der Waals surface area contributed by atoms with Gasteiger partial charge in [-0.15, -0.1) is 0 Å². The molecule has 0 atom stereocenters. The molecule has 4 heteroatoms. The van der Waals surface area contributed by atoms with Gasteiger partial charge >= 0.3 is 0 Å². The van der Waals surface area contributed by atoms with Crippen LogP contribution in [-0.4, -0.2) is 25.6 Å². The number of carbonyl (C=O) groups is 1. The predicted octanol–water partition coefficient (Wildman–Crippen LogP) is 5.56. The van der Waals surface area contributed by atoms with Gasteiger partial charge in [-0.1, -0.05) is 13.8 Å². The zero-order valence-electron chi connectivity index (χ0n) is 16.4. The van der Waals surface area contributed by atoms with E-state index in [-0.39, 0.29) is 5.78 Å². The number of benzene rings is 2. The van der Waals surface area contributed by atoms with E-state index in [4.69, 9.17) is 14.2 Å². The van der Waals surface area contributed by atoms with Crippen molar-refractivity contribution in [1.82, 2.24) is 0 Å². The zero-order chi connectivity index (χ0) is 19.5. The van der Waals surface area contributed by atoms with Crippen LogP contribution in [0.1, 0.15) is 49.5 Å². The average Bonchev–Trinajstić information content (AvgIpc) is 2.70. The second kappa shape index (κ2) is 11.1. The SMILES string of the molecule is CCCOc1ccc(C=CC(=O)c2ccc(OCC)cc2)c(OCCC)c1. The second-order valence-electron chi connectivity index (χ2n) is 6.05. The van der Waals surface area contributed by atoms with Crippen LogP contribution in [0.4, 0.5) is 0 Å². The highest BCUT2D eigenvalue weighted by Gasteiger charge is 2.06. The standard InChI is InChI=1S/C23H28O4/c1-4-15-26-21-13-9-19(23(17-21)27-16-5-2)10-14-22(24)18-7-11-20(12-8-18)25-6-3/h7-14,17H,4-6,15-16H2,1-3H3. The van der Waals surface area contributed by atoms with Crippen molar-refractivity contribution in [3.8, 4) is 17.2 Å². The van der Waals surface area contributed by atoms with E-state index in [9.17, 15) is 4.79 Å². The lowest BCUT2D eigenvalue weighted by atomic mass is 10.1. The van der Waals surface area contributed by atoms with Crippen molar-refractivity contribution < 1.29 is 19.0 Å².